The molecule has 0 amide bonds. The van der Waals surface area contributed by atoms with Crippen molar-refractivity contribution in [3.05, 3.63) is 89.5 Å². The third kappa shape index (κ3) is 3.85. The monoisotopic (exact) mass is 375 g/mol. The van der Waals surface area contributed by atoms with Crippen LogP contribution >= 0.6 is 0 Å². The molecule has 28 heavy (non-hydrogen) atoms. The number of aliphatic carboxylic acids is 1. The third-order valence-corrected chi connectivity index (χ3v) is 5.68. The molecule has 5 nitrogen and oxygen atoms in total. The van der Waals surface area contributed by atoms with Gasteiger partial charge in [-0.1, -0.05) is 54.6 Å². The van der Waals surface area contributed by atoms with Crippen molar-refractivity contribution in [1.29, 1.82) is 0 Å². The van der Waals surface area contributed by atoms with Crippen LogP contribution in [0.5, 0.6) is 0 Å². The van der Waals surface area contributed by atoms with Crippen molar-refractivity contribution in [2.75, 3.05) is 13.1 Å². The predicted molar refractivity (Wildman–Crippen MR) is 108 cm³/mol. The molecule has 0 spiro atoms. The van der Waals surface area contributed by atoms with Crippen LogP contribution in [0.15, 0.2) is 67.1 Å². The standard InChI is InChI=1S/C23H25N3O2/c1-17-7-5-6-10-20(17)21-14-25(15-22(21)23(27)28)13-19-11-24-16-26(19)12-18-8-3-2-4-9-18/h2-11,16,21-22H,12-15H2,1H3,(H,27,28)/t21-,22+/m0/s1. The summed E-state index contributed by atoms with van der Waals surface area (Å²) in [4.78, 5) is 18.5. The minimum Gasteiger partial charge on any atom is -0.481 e. The largest absolute Gasteiger partial charge is 0.481 e. The molecule has 2 aromatic carbocycles. The Morgan fingerprint density at radius 2 is 1.82 bits per heavy atom. The highest BCUT2D eigenvalue weighted by atomic mass is 16.4. The Balaban J connectivity index is 1.51. The summed E-state index contributed by atoms with van der Waals surface area (Å²) in [6, 6.07) is 18.4. The SMILES string of the molecule is Cc1ccccc1[C@@H]1CN(Cc2cncn2Cc2ccccc2)C[C@H]1C(=O)O. The zero-order valence-corrected chi connectivity index (χ0v) is 16.0. The molecule has 1 aliphatic rings. The van der Waals surface area contributed by atoms with Gasteiger partial charge in [0.05, 0.1) is 17.9 Å². The van der Waals surface area contributed by atoms with Crippen LogP contribution in [0.3, 0.4) is 0 Å². The van der Waals surface area contributed by atoms with E-state index in [0.29, 0.717) is 13.1 Å². The lowest BCUT2D eigenvalue weighted by molar-refractivity contribution is -0.141. The molecule has 5 heteroatoms. The molecule has 0 radical (unpaired) electrons. The van der Waals surface area contributed by atoms with Gasteiger partial charge in [0.25, 0.3) is 0 Å². The molecule has 1 aliphatic heterocycles. The molecule has 4 rings (SSSR count). The topological polar surface area (TPSA) is 58.4 Å². The molecule has 0 unspecified atom stereocenters. The number of rotatable bonds is 6. The zero-order chi connectivity index (χ0) is 19.5. The normalized spacial score (nSPS) is 19.8. The van der Waals surface area contributed by atoms with Gasteiger partial charge in [-0.05, 0) is 23.6 Å². The lowest BCUT2D eigenvalue weighted by atomic mass is 9.86. The average molecular weight is 375 g/mol. The molecule has 2 atom stereocenters. The smallest absolute Gasteiger partial charge is 0.308 e. The van der Waals surface area contributed by atoms with E-state index in [4.69, 9.17) is 0 Å². The van der Waals surface area contributed by atoms with Crippen LogP contribution < -0.4 is 0 Å². The molecule has 1 N–H and O–H groups in total. The highest BCUT2D eigenvalue weighted by Crippen LogP contribution is 2.35. The third-order valence-electron chi connectivity index (χ3n) is 5.68. The summed E-state index contributed by atoms with van der Waals surface area (Å²) in [5, 5.41) is 9.78. The lowest BCUT2D eigenvalue weighted by Crippen LogP contribution is -2.24. The molecule has 1 aromatic heterocycles. The number of carboxylic acids is 1. The Hall–Kier alpha value is -2.92. The van der Waals surface area contributed by atoms with E-state index in [1.54, 1.807) is 0 Å². The summed E-state index contributed by atoms with van der Waals surface area (Å²) in [5.41, 5.74) is 4.65. The van der Waals surface area contributed by atoms with Gasteiger partial charge in [-0.3, -0.25) is 9.69 Å². The summed E-state index contributed by atoms with van der Waals surface area (Å²) >= 11 is 0. The first kappa shape index (κ1) is 18.4. The van der Waals surface area contributed by atoms with Gasteiger partial charge >= 0.3 is 5.97 Å². The molecule has 1 saturated heterocycles. The lowest BCUT2D eigenvalue weighted by Gasteiger charge is -2.18. The second-order valence-corrected chi connectivity index (χ2v) is 7.60. The molecule has 1 fully saturated rings. The van der Waals surface area contributed by atoms with Crippen LogP contribution in [-0.4, -0.2) is 38.6 Å². The number of hydrogen-bond donors (Lipinski definition) is 1. The van der Waals surface area contributed by atoms with Crippen LogP contribution in [0, 0.1) is 12.8 Å². The average Bonchev–Trinajstić information content (AvgIpc) is 3.31. The molecule has 144 valence electrons. The minimum absolute atomic E-state index is 0.0178. The van der Waals surface area contributed by atoms with Crippen molar-refractivity contribution in [2.24, 2.45) is 5.92 Å². The summed E-state index contributed by atoms with van der Waals surface area (Å²) in [6.45, 7) is 4.85. The predicted octanol–water partition coefficient (Wildman–Crippen LogP) is 3.54. The number of benzene rings is 2. The Labute approximate surface area is 165 Å². The number of nitrogens with zero attached hydrogens (tertiary/aromatic N) is 3. The number of likely N-dealkylation sites (tertiary alicyclic amines) is 1. The van der Waals surface area contributed by atoms with Gasteiger partial charge in [0.15, 0.2) is 0 Å². The van der Waals surface area contributed by atoms with E-state index >= 15 is 0 Å². The van der Waals surface area contributed by atoms with Crippen LogP contribution in [0.4, 0.5) is 0 Å². The molecule has 0 bridgehead atoms. The first-order chi connectivity index (χ1) is 13.6. The number of carboxylic acid groups (broad SMARTS) is 1. The number of imidazole rings is 1. The van der Waals surface area contributed by atoms with Gasteiger partial charge in [0.2, 0.25) is 0 Å². The first-order valence-electron chi connectivity index (χ1n) is 9.65. The fourth-order valence-electron chi connectivity index (χ4n) is 4.21. The van der Waals surface area contributed by atoms with Gasteiger partial charge in [-0.2, -0.15) is 0 Å². The number of aromatic nitrogens is 2. The van der Waals surface area contributed by atoms with Gasteiger partial charge in [-0.25, -0.2) is 4.98 Å². The van der Waals surface area contributed by atoms with Gasteiger partial charge in [0.1, 0.15) is 0 Å². The fraction of sp³-hybridized carbons (Fsp3) is 0.304. The highest BCUT2D eigenvalue weighted by Gasteiger charge is 2.39. The van der Waals surface area contributed by atoms with Crippen molar-refractivity contribution >= 4 is 5.97 Å². The second-order valence-electron chi connectivity index (χ2n) is 7.60. The van der Waals surface area contributed by atoms with Crippen LogP contribution in [0.1, 0.15) is 28.3 Å². The summed E-state index contributed by atoms with van der Waals surface area (Å²) in [7, 11) is 0. The molecular formula is C23H25N3O2. The highest BCUT2D eigenvalue weighted by molar-refractivity contribution is 5.72. The van der Waals surface area contributed by atoms with Gasteiger partial charge in [-0.15, -0.1) is 0 Å². The van der Waals surface area contributed by atoms with Crippen LogP contribution in [0.25, 0.3) is 0 Å². The van der Waals surface area contributed by atoms with Gasteiger partial charge < -0.3 is 9.67 Å². The Morgan fingerprint density at radius 3 is 2.57 bits per heavy atom. The quantitative estimate of drug-likeness (QED) is 0.716. The van der Waals surface area contributed by atoms with Crippen LogP contribution in [-0.2, 0) is 17.9 Å². The number of carbonyl (C=O) groups is 1. The van der Waals surface area contributed by atoms with Crippen molar-refractivity contribution in [3.8, 4) is 0 Å². The van der Waals surface area contributed by atoms with E-state index in [9.17, 15) is 9.90 Å². The van der Waals surface area contributed by atoms with Crippen molar-refractivity contribution in [1.82, 2.24) is 14.5 Å². The van der Waals surface area contributed by atoms with E-state index in [-0.39, 0.29) is 11.8 Å². The summed E-state index contributed by atoms with van der Waals surface area (Å²) in [5.74, 6) is -1.08. The maximum atomic E-state index is 11.9. The molecule has 2 heterocycles. The molecule has 0 saturated carbocycles. The van der Waals surface area contributed by atoms with Crippen LogP contribution in [0.2, 0.25) is 0 Å². The van der Waals surface area contributed by atoms with E-state index in [1.165, 1.54) is 5.56 Å². The van der Waals surface area contributed by atoms with Crippen molar-refractivity contribution in [3.63, 3.8) is 0 Å². The second kappa shape index (κ2) is 7.98. The molecule has 3 aromatic rings. The van der Waals surface area contributed by atoms with Gasteiger partial charge in [0, 0.05) is 38.3 Å². The Bertz CT molecular complexity index is 951. The minimum atomic E-state index is -0.714. The maximum Gasteiger partial charge on any atom is 0.308 e. The molecule has 0 aliphatic carbocycles. The van der Waals surface area contributed by atoms with E-state index in [2.05, 4.69) is 45.6 Å². The summed E-state index contributed by atoms with van der Waals surface area (Å²) in [6.07, 6.45) is 3.74. The van der Waals surface area contributed by atoms with E-state index in [1.807, 2.05) is 42.9 Å². The first-order valence-corrected chi connectivity index (χ1v) is 9.65. The van der Waals surface area contributed by atoms with E-state index < -0.39 is 5.97 Å². The fourth-order valence-corrected chi connectivity index (χ4v) is 4.21. The van der Waals surface area contributed by atoms with Crippen molar-refractivity contribution in [2.45, 2.75) is 25.9 Å². The maximum absolute atomic E-state index is 11.9. The Kier molecular flexibility index (Phi) is 5.26. The zero-order valence-electron chi connectivity index (χ0n) is 16.0. The number of aryl methyl sites for hydroxylation is 1. The Morgan fingerprint density at radius 1 is 1.07 bits per heavy atom. The molecular weight excluding hydrogens is 350 g/mol. The van der Waals surface area contributed by atoms with Crippen molar-refractivity contribution < 1.29 is 9.90 Å². The summed E-state index contributed by atoms with van der Waals surface area (Å²) < 4.78 is 2.15. The number of hydrogen-bond acceptors (Lipinski definition) is 3. The van der Waals surface area contributed by atoms with E-state index in [0.717, 1.165) is 29.9 Å².